The topological polar surface area (TPSA) is 80.3 Å². The van der Waals surface area contributed by atoms with Crippen molar-refractivity contribution in [2.75, 3.05) is 25.6 Å². The number of rotatable bonds is 7. The van der Waals surface area contributed by atoms with E-state index in [1.54, 1.807) is 68.6 Å². The predicted octanol–water partition coefficient (Wildman–Crippen LogP) is 5.86. The average molecular weight is 508 g/mol. The lowest BCUT2D eigenvalue weighted by Gasteiger charge is -2.15. The van der Waals surface area contributed by atoms with E-state index in [4.69, 9.17) is 4.74 Å². The largest absolute Gasteiger partial charge is 0.416 e. The second-order valence-electron chi connectivity index (χ2n) is 8.36. The number of carbonyl (C=O) groups is 2. The van der Waals surface area contributed by atoms with E-state index in [1.807, 2.05) is 0 Å². The van der Waals surface area contributed by atoms with Crippen molar-refractivity contribution in [3.63, 3.8) is 0 Å². The van der Waals surface area contributed by atoms with Crippen LogP contribution in [0.2, 0.25) is 0 Å². The maximum absolute atomic E-state index is 13.4. The first-order valence-corrected chi connectivity index (χ1v) is 11.4. The molecule has 1 heterocycles. The standard InChI is InChI=1S/C28H24F3N3O3/c1-17-23(26(35)32-12-13-37-2)14-19-8-10-21(16-25(19)33-17)34-27(36)24-15-20(28(29,30)31)9-11-22(24)18-6-4-3-5-7-18/h3-11,14-16H,12-13H2,1-2H3,(H,32,35)(H,34,36). The number of nitrogens with zero attached hydrogens (tertiary/aromatic N) is 1. The number of methoxy groups -OCH3 is 1. The second kappa shape index (κ2) is 10.8. The molecule has 0 radical (unpaired) electrons. The molecule has 0 aliphatic rings. The lowest BCUT2D eigenvalue weighted by Crippen LogP contribution is -2.27. The monoisotopic (exact) mass is 507 g/mol. The highest BCUT2D eigenvalue weighted by atomic mass is 19.4. The third kappa shape index (κ3) is 5.95. The number of aromatic nitrogens is 1. The number of hydrogen-bond acceptors (Lipinski definition) is 4. The minimum absolute atomic E-state index is 0.103. The van der Waals surface area contributed by atoms with Gasteiger partial charge < -0.3 is 15.4 Å². The summed E-state index contributed by atoms with van der Waals surface area (Å²) in [5.41, 5.74) is 1.78. The van der Waals surface area contributed by atoms with Gasteiger partial charge in [0.2, 0.25) is 0 Å². The van der Waals surface area contributed by atoms with Crippen LogP contribution in [0.1, 0.15) is 32.0 Å². The van der Waals surface area contributed by atoms with Gasteiger partial charge >= 0.3 is 6.18 Å². The molecular weight excluding hydrogens is 483 g/mol. The summed E-state index contributed by atoms with van der Waals surface area (Å²) in [6.45, 7) is 2.44. The number of benzene rings is 3. The van der Waals surface area contributed by atoms with Gasteiger partial charge in [0.15, 0.2) is 0 Å². The number of pyridine rings is 1. The predicted molar refractivity (Wildman–Crippen MR) is 136 cm³/mol. The van der Waals surface area contributed by atoms with Gasteiger partial charge in [0, 0.05) is 30.3 Å². The van der Waals surface area contributed by atoms with E-state index >= 15 is 0 Å². The summed E-state index contributed by atoms with van der Waals surface area (Å²) in [5, 5.41) is 6.12. The van der Waals surface area contributed by atoms with Crippen LogP contribution in [0.15, 0.2) is 72.8 Å². The number of ether oxygens (including phenoxy) is 1. The minimum atomic E-state index is -4.60. The summed E-state index contributed by atoms with van der Waals surface area (Å²) in [5.74, 6) is -0.963. The van der Waals surface area contributed by atoms with Crippen LogP contribution in [-0.4, -0.2) is 37.1 Å². The van der Waals surface area contributed by atoms with Gasteiger partial charge in [0.25, 0.3) is 11.8 Å². The number of carbonyl (C=O) groups excluding carboxylic acids is 2. The first kappa shape index (κ1) is 25.8. The van der Waals surface area contributed by atoms with Crippen LogP contribution in [0.5, 0.6) is 0 Å². The van der Waals surface area contributed by atoms with Gasteiger partial charge in [-0.1, -0.05) is 42.5 Å². The van der Waals surface area contributed by atoms with Crippen molar-refractivity contribution < 1.29 is 27.5 Å². The van der Waals surface area contributed by atoms with Crippen molar-refractivity contribution in [2.45, 2.75) is 13.1 Å². The molecule has 9 heteroatoms. The van der Waals surface area contributed by atoms with Crippen LogP contribution in [0.25, 0.3) is 22.0 Å². The Morgan fingerprint density at radius 1 is 0.919 bits per heavy atom. The summed E-state index contributed by atoms with van der Waals surface area (Å²) in [6.07, 6.45) is -4.60. The first-order valence-electron chi connectivity index (χ1n) is 11.4. The highest BCUT2D eigenvalue weighted by Gasteiger charge is 2.32. The van der Waals surface area contributed by atoms with Gasteiger partial charge in [0.05, 0.1) is 28.9 Å². The Labute approximate surface area is 211 Å². The van der Waals surface area contributed by atoms with Gasteiger partial charge in [-0.05, 0) is 48.4 Å². The molecule has 2 amide bonds. The summed E-state index contributed by atoms with van der Waals surface area (Å²) >= 11 is 0. The normalized spacial score (nSPS) is 11.4. The Hall–Kier alpha value is -4.24. The fourth-order valence-electron chi connectivity index (χ4n) is 3.91. The SMILES string of the molecule is COCCNC(=O)c1cc2ccc(NC(=O)c3cc(C(F)(F)F)ccc3-c3ccccc3)cc2nc1C. The maximum Gasteiger partial charge on any atom is 0.416 e. The fraction of sp³-hybridized carbons (Fsp3) is 0.179. The van der Waals surface area contributed by atoms with E-state index in [0.29, 0.717) is 52.1 Å². The van der Waals surface area contributed by atoms with Crippen LogP contribution in [0, 0.1) is 6.92 Å². The van der Waals surface area contributed by atoms with Crippen molar-refractivity contribution in [3.05, 3.63) is 95.2 Å². The molecule has 0 aliphatic heterocycles. The molecule has 0 unspecified atom stereocenters. The Bertz CT molecular complexity index is 1450. The molecule has 6 nitrogen and oxygen atoms in total. The number of hydrogen-bond donors (Lipinski definition) is 2. The molecule has 0 atom stereocenters. The third-order valence-corrected chi connectivity index (χ3v) is 5.78. The number of fused-ring (bicyclic) bond motifs is 1. The summed E-state index contributed by atoms with van der Waals surface area (Å²) < 4.78 is 45.2. The number of alkyl halides is 3. The van der Waals surface area contributed by atoms with E-state index in [1.165, 1.54) is 6.07 Å². The summed E-state index contributed by atoms with van der Waals surface area (Å²) in [7, 11) is 1.54. The third-order valence-electron chi connectivity index (χ3n) is 5.78. The minimum Gasteiger partial charge on any atom is -0.383 e. The quantitative estimate of drug-likeness (QED) is 0.307. The molecule has 0 bridgehead atoms. The van der Waals surface area contributed by atoms with E-state index in [0.717, 1.165) is 12.1 Å². The first-order chi connectivity index (χ1) is 17.7. The van der Waals surface area contributed by atoms with Crippen LogP contribution < -0.4 is 10.6 Å². The van der Waals surface area contributed by atoms with E-state index in [2.05, 4.69) is 15.6 Å². The lowest BCUT2D eigenvalue weighted by molar-refractivity contribution is -0.137. The number of aryl methyl sites for hydroxylation is 1. The van der Waals surface area contributed by atoms with Gasteiger partial charge in [-0.3, -0.25) is 14.6 Å². The van der Waals surface area contributed by atoms with Gasteiger partial charge in [-0.2, -0.15) is 13.2 Å². The van der Waals surface area contributed by atoms with Gasteiger partial charge in [-0.25, -0.2) is 0 Å². The van der Waals surface area contributed by atoms with Crippen molar-refractivity contribution in [1.29, 1.82) is 0 Å². The molecule has 37 heavy (non-hydrogen) atoms. The van der Waals surface area contributed by atoms with E-state index in [-0.39, 0.29) is 11.5 Å². The highest BCUT2D eigenvalue weighted by Crippen LogP contribution is 2.34. The maximum atomic E-state index is 13.4. The average Bonchev–Trinajstić information content (AvgIpc) is 2.88. The zero-order chi connectivity index (χ0) is 26.6. The van der Waals surface area contributed by atoms with Crippen molar-refractivity contribution >= 4 is 28.4 Å². The molecule has 190 valence electrons. The Kier molecular flexibility index (Phi) is 7.54. The molecule has 4 rings (SSSR count). The molecular formula is C28H24F3N3O3. The Morgan fingerprint density at radius 3 is 2.38 bits per heavy atom. The molecule has 2 N–H and O–H groups in total. The fourth-order valence-corrected chi connectivity index (χ4v) is 3.91. The smallest absolute Gasteiger partial charge is 0.383 e. The molecule has 3 aromatic carbocycles. The summed E-state index contributed by atoms with van der Waals surface area (Å²) in [4.78, 5) is 30.1. The Balaban J connectivity index is 1.64. The van der Waals surface area contributed by atoms with Crippen LogP contribution in [0.3, 0.4) is 0 Å². The van der Waals surface area contributed by atoms with Gasteiger partial charge in [-0.15, -0.1) is 0 Å². The molecule has 0 saturated heterocycles. The van der Waals surface area contributed by atoms with Gasteiger partial charge in [0.1, 0.15) is 0 Å². The van der Waals surface area contributed by atoms with E-state index in [9.17, 15) is 22.8 Å². The number of anilines is 1. The van der Waals surface area contributed by atoms with Crippen LogP contribution >= 0.6 is 0 Å². The number of halogens is 3. The molecule has 0 fully saturated rings. The zero-order valence-electron chi connectivity index (χ0n) is 20.1. The van der Waals surface area contributed by atoms with Crippen molar-refractivity contribution in [1.82, 2.24) is 10.3 Å². The van der Waals surface area contributed by atoms with Crippen LogP contribution in [-0.2, 0) is 10.9 Å². The zero-order valence-corrected chi connectivity index (χ0v) is 20.1. The molecule has 0 spiro atoms. The number of nitrogens with one attached hydrogen (secondary N) is 2. The Morgan fingerprint density at radius 2 is 1.68 bits per heavy atom. The molecule has 1 aromatic heterocycles. The summed E-state index contributed by atoms with van der Waals surface area (Å²) in [6, 6.07) is 18.5. The molecule has 4 aromatic rings. The molecule has 0 aliphatic carbocycles. The number of amides is 2. The molecule has 0 saturated carbocycles. The second-order valence-corrected chi connectivity index (χ2v) is 8.36. The van der Waals surface area contributed by atoms with Crippen molar-refractivity contribution in [2.24, 2.45) is 0 Å². The highest BCUT2D eigenvalue weighted by molar-refractivity contribution is 6.09. The van der Waals surface area contributed by atoms with Crippen molar-refractivity contribution in [3.8, 4) is 11.1 Å². The lowest BCUT2D eigenvalue weighted by atomic mass is 9.96. The van der Waals surface area contributed by atoms with E-state index < -0.39 is 17.6 Å². The van der Waals surface area contributed by atoms with Crippen LogP contribution in [0.4, 0.5) is 18.9 Å².